The number of hydrogen-bond donors (Lipinski definition) is 2. The van der Waals surface area contributed by atoms with Gasteiger partial charge in [-0.05, 0) is 31.4 Å². The summed E-state index contributed by atoms with van der Waals surface area (Å²) < 4.78 is 19.3. The Kier molecular flexibility index (Phi) is 3.44. The third kappa shape index (κ3) is 2.29. The smallest absolute Gasteiger partial charge is 0.253 e. The molecule has 1 amide bonds. The van der Waals surface area contributed by atoms with E-state index >= 15 is 0 Å². The second-order valence-corrected chi connectivity index (χ2v) is 5.20. The van der Waals surface area contributed by atoms with Crippen molar-refractivity contribution in [2.45, 2.75) is 25.8 Å². The fourth-order valence-corrected chi connectivity index (χ4v) is 2.64. The Labute approximate surface area is 116 Å². The molecule has 4 nitrogen and oxygen atoms in total. The van der Waals surface area contributed by atoms with Crippen LogP contribution in [0, 0.1) is 12.7 Å². The first kappa shape index (κ1) is 13.1. The number of hydrogen-bond acceptors (Lipinski definition) is 2. The van der Waals surface area contributed by atoms with Crippen LogP contribution in [-0.4, -0.2) is 30.1 Å². The summed E-state index contributed by atoms with van der Waals surface area (Å²) in [6, 6.07) is 3.10. The quantitative estimate of drug-likeness (QED) is 0.885. The van der Waals surface area contributed by atoms with E-state index in [-0.39, 0.29) is 17.8 Å². The van der Waals surface area contributed by atoms with Crippen LogP contribution in [0.3, 0.4) is 0 Å². The van der Waals surface area contributed by atoms with Gasteiger partial charge in [0.05, 0.1) is 23.7 Å². The van der Waals surface area contributed by atoms with Crippen LogP contribution in [0.2, 0.25) is 0 Å². The van der Waals surface area contributed by atoms with Gasteiger partial charge in [-0.2, -0.15) is 0 Å². The van der Waals surface area contributed by atoms with E-state index in [4.69, 9.17) is 4.74 Å². The normalized spacial score (nSPS) is 19.2. The first-order chi connectivity index (χ1) is 9.66. The monoisotopic (exact) mass is 276 g/mol. The van der Waals surface area contributed by atoms with Crippen molar-refractivity contribution < 1.29 is 13.9 Å². The topological polar surface area (TPSA) is 54.1 Å². The molecule has 1 saturated heterocycles. The lowest BCUT2D eigenvalue weighted by atomic mass is 10.1. The Morgan fingerprint density at radius 3 is 3.10 bits per heavy atom. The number of halogens is 1. The lowest BCUT2D eigenvalue weighted by Crippen LogP contribution is -2.40. The molecule has 2 heterocycles. The molecule has 0 saturated carbocycles. The van der Waals surface area contributed by atoms with Gasteiger partial charge >= 0.3 is 0 Å². The van der Waals surface area contributed by atoms with Crippen molar-refractivity contribution in [1.29, 1.82) is 0 Å². The molecule has 5 heteroatoms. The molecule has 3 rings (SSSR count). The van der Waals surface area contributed by atoms with Crippen LogP contribution >= 0.6 is 0 Å². The van der Waals surface area contributed by atoms with Gasteiger partial charge in [-0.15, -0.1) is 0 Å². The molecule has 2 N–H and O–H groups in total. The first-order valence-corrected chi connectivity index (χ1v) is 6.81. The number of nitrogens with one attached hydrogen (secondary N) is 2. The summed E-state index contributed by atoms with van der Waals surface area (Å²) in [6.07, 6.45) is 3.40. The second-order valence-electron chi connectivity index (χ2n) is 5.20. The predicted molar refractivity (Wildman–Crippen MR) is 74.3 cm³/mol. The van der Waals surface area contributed by atoms with Crippen LogP contribution in [0.5, 0.6) is 0 Å². The molecule has 0 radical (unpaired) electrons. The lowest BCUT2D eigenvalue weighted by molar-refractivity contribution is 0.0625. The molecule has 1 unspecified atom stereocenters. The summed E-state index contributed by atoms with van der Waals surface area (Å²) in [4.78, 5) is 15.3. The molecule has 20 heavy (non-hydrogen) atoms. The molecule has 1 aliphatic rings. The molecule has 106 valence electrons. The maximum Gasteiger partial charge on any atom is 0.253 e. The van der Waals surface area contributed by atoms with Gasteiger partial charge in [-0.3, -0.25) is 4.79 Å². The third-order valence-electron chi connectivity index (χ3n) is 3.73. The summed E-state index contributed by atoms with van der Waals surface area (Å²) in [7, 11) is 0. The average molecular weight is 276 g/mol. The van der Waals surface area contributed by atoms with Crippen molar-refractivity contribution >= 4 is 16.8 Å². The minimum atomic E-state index is -0.378. The van der Waals surface area contributed by atoms with Crippen molar-refractivity contribution in [3.05, 3.63) is 35.3 Å². The van der Waals surface area contributed by atoms with E-state index in [0.717, 1.165) is 25.0 Å². The van der Waals surface area contributed by atoms with Gasteiger partial charge < -0.3 is 15.0 Å². The van der Waals surface area contributed by atoms with Crippen molar-refractivity contribution in [2.75, 3.05) is 13.2 Å². The van der Waals surface area contributed by atoms with E-state index in [2.05, 4.69) is 10.3 Å². The highest BCUT2D eigenvalue weighted by molar-refractivity contribution is 6.07. The summed E-state index contributed by atoms with van der Waals surface area (Å²) in [6.45, 7) is 3.15. The number of aryl methyl sites for hydroxylation is 1. The van der Waals surface area contributed by atoms with E-state index in [1.54, 1.807) is 12.3 Å². The van der Waals surface area contributed by atoms with Gasteiger partial charge in [0, 0.05) is 18.2 Å². The van der Waals surface area contributed by atoms with Crippen LogP contribution in [0.25, 0.3) is 10.9 Å². The Bertz CT molecular complexity index is 645. The Morgan fingerprint density at radius 1 is 1.50 bits per heavy atom. The number of carbonyl (C=O) groups is 1. The Balaban J connectivity index is 1.89. The van der Waals surface area contributed by atoms with Gasteiger partial charge in [0.2, 0.25) is 0 Å². The summed E-state index contributed by atoms with van der Waals surface area (Å²) in [5.41, 5.74) is 1.95. The molecule has 0 bridgehead atoms. The van der Waals surface area contributed by atoms with E-state index in [0.29, 0.717) is 23.1 Å². The third-order valence-corrected chi connectivity index (χ3v) is 3.73. The van der Waals surface area contributed by atoms with E-state index in [1.807, 2.05) is 6.92 Å². The summed E-state index contributed by atoms with van der Waals surface area (Å²) in [5.74, 6) is -0.631. The van der Waals surface area contributed by atoms with Gasteiger partial charge in [0.1, 0.15) is 5.82 Å². The molecular formula is C15H17FN2O2. The van der Waals surface area contributed by atoms with Crippen LogP contribution < -0.4 is 5.32 Å². The van der Waals surface area contributed by atoms with Crippen molar-refractivity contribution in [2.24, 2.45) is 0 Å². The molecule has 0 spiro atoms. The zero-order valence-electron chi connectivity index (χ0n) is 11.3. The standard InChI is InChI=1S/C15H17FN2O2/c1-9-4-5-12(16)13-11(7-17-14(9)13)15(19)18-10-3-2-6-20-8-10/h4-5,7,10,17H,2-3,6,8H2,1H3,(H,18,19). The summed E-state index contributed by atoms with van der Waals surface area (Å²) >= 11 is 0. The molecule has 1 atom stereocenters. The fourth-order valence-electron chi connectivity index (χ4n) is 2.64. The molecule has 1 aromatic heterocycles. The zero-order chi connectivity index (χ0) is 14.1. The SMILES string of the molecule is Cc1ccc(F)c2c(C(=O)NC3CCCOC3)c[nH]c12. The number of ether oxygens (including phenoxy) is 1. The second kappa shape index (κ2) is 5.25. The number of aromatic amines is 1. The molecule has 2 aromatic rings. The predicted octanol–water partition coefficient (Wildman–Crippen LogP) is 2.52. The lowest BCUT2D eigenvalue weighted by Gasteiger charge is -2.22. The maximum absolute atomic E-state index is 14.0. The van der Waals surface area contributed by atoms with Crippen molar-refractivity contribution in [1.82, 2.24) is 10.3 Å². The van der Waals surface area contributed by atoms with Crippen molar-refractivity contribution in [3.63, 3.8) is 0 Å². The number of fused-ring (bicyclic) bond motifs is 1. The van der Waals surface area contributed by atoms with E-state index in [1.165, 1.54) is 6.07 Å². The van der Waals surface area contributed by atoms with Gasteiger partial charge in [-0.25, -0.2) is 4.39 Å². The van der Waals surface area contributed by atoms with Gasteiger partial charge in [0.25, 0.3) is 5.91 Å². The highest BCUT2D eigenvalue weighted by Crippen LogP contribution is 2.24. The minimum Gasteiger partial charge on any atom is -0.379 e. The fraction of sp³-hybridized carbons (Fsp3) is 0.400. The maximum atomic E-state index is 14.0. The Hall–Kier alpha value is -1.88. The number of H-pyrrole nitrogens is 1. The van der Waals surface area contributed by atoms with Crippen LogP contribution in [0.1, 0.15) is 28.8 Å². The molecular weight excluding hydrogens is 259 g/mol. The number of aromatic nitrogens is 1. The number of rotatable bonds is 2. The van der Waals surface area contributed by atoms with Crippen molar-refractivity contribution in [3.8, 4) is 0 Å². The summed E-state index contributed by atoms with van der Waals surface area (Å²) in [5, 5.41) is 3.27. The highest BCUT2D eigenvalue weighted by atomic mass is 19.1. The largest absolute Gasteiger partial charge is 0.379 e. The zero-order valence-corrected chi connectivity index (χ0v) is 11.3. The molecule has 1 aromatic carbocycles. The number of amides is 1. The molecule has 1 fully saturated rings. The van der Waals surface area contributed by atoms with Gasteiger partial charge in [0.15, 0.2) is 0 Å². The van der Waals surface area contributed by atoms with E-state index in [9.17, 15) is 9.18 Å². The van der Waals surface area contributed by atoms with Crippen LogP contribution in [-0.2, 0) is 4.74 Å². The highest BCUT2D eigenvalue weighted by Gasteiger charge is 2.21. The van der Waals surface area contributed by atoms with Crippen LogP contribution in [0.15, 0.2) is 18.3 Å². The minimum absolute atomic E-state index is 0.00840. The molecule has 1 aliphatic heterocycles. The average Bonchev–Trinajstić information content (AvgIpc) is 2.90. The van der Waals surface area contributed by atoms with Crippen LogP contribution in [0.4, 0.5) is 4.39 Å². The van der Waals surface area contributed by atoms with Gasteiger partial charge in [-0.1, -0.05) is 6.07 Å². The number of carbonyl (C=O) groups excluding carboxylic acids is 1. The first-order valence-electron chi connectivity index (χ1n) is 6.81. The molecule has 0 aliphatic carbocycles. The number of benzene rings is 1. The van der Waals surface area contributed by atoms with E-state index < -0.39 is 0 Å². The Morgan fingerprint density at radius 2 is 2.35 bits per heavy atom.